The first kappa shape index (κ1) is 35.4. The number of H-pyrrole nitrogens is 2. The monoisotopic (exact) mass is 660 g/mol. The largest absolute Gasteiger partial charge is 0.385 e. The van der Waals surface area contributed by atoms with E-state index in [0.717, 1.165) is 0 Å². The molecule has 0 bridgehead atoms. The zero-order valence-corrected chi connectivity index (χ0v) is 19.4. The molecular formula is C20H12F20N2. The number of halogens is 20. The van der Waals surface area contributed by atoms with Gasteiger partial charge in [-0.15, -0.1) is 0 Å². The van der Waals surface area contributed by atoms with E-state index in [1.54, 1.807) is 0 Å². The van der Waals surface area contributed by atoms with Crippen molar-refractivity contribution in [2.75, 3.05) is 0 Å². The summed E-state index contributed by atoms with van der Waals surface area (Å²) in [5.41, 5.74) is -2.24. The molecule has 2 nitrogen and oxygen atoms in total. The van der Waals surface area contributed by atoms with Gasteiger partial charge in [-0.2, -0.15) is 87.8 Å². The van der Waals surface area contributed by atoms with Gasteiger partial charge in [0.2, 0.25) is 0 Å². The highest BCUT2D eigenvalue weighted by molar-refractivity contribution is 5.21. The first-order valence-corrected chi connectivity index (χ1v) is 10.4. The standard InChI is InChI=1S/C20H12F20N2/c21-11(22,5-9-1-3-41-7-9)13(25,26)15(29,30)17(33,34)19(37,38)20(39,40)18(35,36)16(31,32)14(27,28)12(23,24)6-10-2-4-42-8-10/h1-4,7-8,41-42H,5-6H2. The smallest absolute Gasteiger partial charge is 0.367 e. The van der Waals surface area contributed by atoms with Crippen LogP contribution < -0.4 is 0 Å². The highest BCUT2D eigenvalue weighted by atomic mass is 19.4. The van der Waals surface area contributed by atoms with E-state index in [1.165, 1.54) is 0 Å². The van der Waals surface area contributed by atoms with Crippen molar-refractivity contribution in [3.05, 3.63) is 48.0 Å². The minimum atomic E-state index is -9.03. The Labute approximate surface area is 219 Å². The maximum absolute atomic E-state index is 14.0. The zero-order valence-electron chi connectivity index (χ0n) is 19.4. The summed E-state index contributed by atoms with van der Waals surface area (Å²) in [7, 11) is 0. The molecule has 42 heavy (non-hydrogen) atoms. The van der Waals surface area contributed by atoms with E-state index in [2.05, 4.69) is 0 Å². The van der Waals surface area contributed by atoms with Gasteiger partial charge in [-0.1, -0.05) is 0 Å². The van der Waals surface area contributed by atoms with Crippen LogP contribution >= 0.6 is 0 Å². The van der Waals surface area contributed by atoms with Gasteiger partial charge in [-0.05, 0) is 23.3 Å². The van der Waals surface area contributed by atoms with Crippen molar-refractivity contribution in [3.63, 3.8) is 0 Å². The van der Waals surface area contributed by atoms with E-state index in [-0.39, 0.29) is 0 Å². The summed E-state index contributed by atoms with van der Waals surface area (Å²) in [4.78, 5) is 3.76. The molecule has 242 valence electrons. The van der Waals surface area contributed by atoms with Crippen molar-refractivity contribution in [1.82, 2.24) is 9.97 Å². The maximum atomic E-state index is 14.0. The van der Waals surface area contributed by atoms with Gasteiger partial charge in [-0.3, -0.25) is 0 Å². The predicted molar refractivity (Wildman–Crippen MR) is 98.5 cm³/mol. The number of aromatic amines is 2. The third-order valence-electron chi connectivity index (χ3n) is 5.86. The molecule has 0 radical (unpaired) electrons. The Morgan fingerprint density at radius 2 is 0.571 bits per heavy atom. The van der Waals surface area contributed by atoms with Gasteiger partial charge in [0.25, 0.3) is 0 Å². The number of aromatic nitrogens is 2. The molecule has 2 heterocycles. The normalized spacial score (nSPS) is 15.8. The number of hydrogen-bond donors (Lipinski definition) is 2. The molecule has 22 heteroatoms. The average molecular weight is 660 g/mol. The Kier molecular flexibility index (Phi) is 8.29. The van der Waals surface area contributed by atoms with Gasteiger partial charge in [0.15, 0.2) is 0 Å². The molecule has 0 fully saturated rings. The van der Waals surface area contributed by atoms with E-state index in [1.807, 2.05) is 9.97 Å². The fourth-order valence-corrected chi connectivity index (χ4v) is 3.31. The van der Waals surface area contributed by atoms with Gasteiger partial charge in [0, 0.05) is 37.6 Å². The van der Waals surface area contributed by atoms with Crippen molar-refractivity contribution in [3.8, 4) is 0 Å². The van der Waals surface area contributed by atoms with Crippen molar-refractivity contribution >= 4 is 0 Å². The van der Waals surface area contributed by atoms with Crippen LogP contribution in [0.25, 0.3) is 0 Å². The Morgan fingerprint density at radius 3 is 0.762 bits per heavy atom. The molecule has 0 atom stereocenters. The Bertz CT molecular complexity index is 1100. The molecule has 0 saturated carbocycles. The second-order valence-corrected chi connectivity index (χ2v) is 8.80. The van der Waals surface area contributed by atoms with Crippen LogP contribution in [0.4, 0.5) is 87.8 Å². The summed E-state index contributed by atoms with van der Waals surface area (Å²) in [6.07, 6.45) is -3.42. The average Bonchev–Trinajstić information content (AvgIpc) is 3.51. The highest BCUT2D eigenvalue weighted by Crippen LogP contribution is 2.66. The molecule has 2 N–H and O–H groups in total. The fraction of sp³-hybridized carbons (Fsp3) is 0.600. The van der Waals surface area contributed by atoms with Gasteiger partial charge in [0.1, 0.15) is 0 Å². The third kappa shape index (κ3) is 4.66. The summed E-state index contributed by atoms with van der Waals surface area (Å²) in [5, 5.41) is 0. The topological polar surface area (TPSA) is 31.6 Å². The molecule has 0 aromatic carbocycles. The SMILES string of the molecule is FC(F)(Cc1cc[nH]c1)C(F)(F)C(F)(F)C(F)(F)C(F)(F)C(F)(F)C(F)(F)C(F)(F)C(F)(F)C(F)(F)Cc1cc[nH]c1. The highest BCUT2D eigenvalue weighted by Gasteiger charge is 2.97. The van der Waals surface area contributed by atoms with Gasteiger partial charge >= 0.3 is 59.2 Å². The molecule has 2 rings (SSSR count). The first-order chi connectivity index (χ1) is 18.4. The number of rotatable bonds is 13. The molecule has 0 aliphatic carbocycles. The third-order valence-corrected chi connectivity index (χ3v) is 5.86. The lowest BCUT2D eigenvalue weighted by molar-refractivity contribution is -0.468. The van der Waals surface area contributed by atoms with Crippen LogP contribution in [0.5, 0.6) is 0 Å². The Morgan fingerprint density at radius 1 is 0.357 bits per heavy atom. The van der Waals surface area contributed by atoms with Crippen molar-refractivity contribution < 1.29 is 87.8 Å². The van der Waals surface area contributed by atoms with Crippen molar-refractivity contribution in [1.29, 1.82) is 0 Å². The molecule has 0 amide bonds. The zero-order chi connectivity index (χ0) is 33.2. The summed E-state index contributed by atoms with van der Waals surface area (Å²) < 4.78 is 279. The molecule has 0 aliphatic heterocycles. The van der Waals surface area contributed by atoms with E-state index in [9.17, 15) is 87.8 Å². The first-order valence-electron chi connectivity index (χ1n) is 10.4. The minimum absolute atomic E-state index is 0.345. The van der Waals surface area contributed by atoms with Crippen LogP contribution in [-0.4, -0.2) is 69.2 Å². The van der Waals surface area contributed by atoms with Crippen LogP contribution in [0.15, 0.2) is 36.9 Å². The lowest BCUT2D eigenvalue weighted by Crippen LogP contribution is -2.77. The molecular weight excluding hydrogens is 648 g/mol. The van der Waals surface area contributed by atoms with E-state index in [4.69, 9.17) is 0 Å². The number of nitrogens with one attached hydrogen (secondary N) is 2. The summed E-state index contributed by atoms with van der Waals surface area (Å²) >= 11 is 0. The van der Waals surface area contributed by atoms with Crippen molar-refractivity contribution in [2.45, 2.75) is 72.1 Å². The van der Waals surface area contributed by atoms with Crippen LogP contribution in [0.1, 0.15) is 11.1 Å². The second-order valence-electron chi connectivity index (χ2n) is 8.80. The lowest BCUT2D eigenvalue weighted by atomic mass is 9.84. The Hall–Kier alpha value is -2.84. The molecule has 2 aromatic rings. The van der Waals surface area contributed by atoms with Crippen LogP contribution in [-0.2, 0) is 12.8 Å². The molecule has 2 aromatic heterocycles. The molecule has 0 unspecified atom stereocenters. The quantitative estimate of drug-likeness (QED) is 0.202. The molecule has 0 saturated heterocycles. The number of alkyl halides is 20. The van der Waals surface area contributed by atoms with E-state index >= 15 is 0 Å². The fourth-order valence-electron chi connectivity index (χ4n) is 3.31. The van der Waals surface area contributed by atoms with E-state index < -0.39 is 83.2 Å². The van der Waals surface area contributed by atoms with Crippen LogP contribution in [0.3, 0.4) is 0 Å². The summed E-state index contributed by atoms with van der Waals surface area (Å²) in [6.45, 7) is 0. The number of hydrogen-bond acceptors (Lipinski definition) is 0. The minimum Gasteiger partial charge on any atom is -0.367 e. The predicted octanol–water partition coefficient (Wildman–Crippen LogP) is 8.48. The van der Waals surface area contributed by atoms with Crippen molar-refractivity contribution in [2.24, 2.45) is 0 Å². The van der Waals surface area contributed by atoms with Gasteiger partial charge < -0.3 is 9.97 Å². The lowest BCUT2D eigenvalue weighted by Gasteiger charge is -2.45. The van der Waals surface area contributed by atoms with Gasteiger partial charge in [-0.25, -0.2) is 0 Å². The van der Waals surface area contributed by atoms with E-state index in [0.29, 0.717) is 36.9 Å². The van der Waals surface area contributed by atoms with Gasteiger partial charge in [0.05, 0.1) is 0 Å². The molecule has 0 spiro atoms. The van der Waals surface area contributed by atoms with Crippen LogP contribution in [0, 0.1) is 0 Å². The maximum Gasteiger partial charge on any atom is 0.385 e. The summed E-state index contributed by atoms with van der Waals surface area (Å²) in [5.74, 6) is -81.8. The molecule has 0 aliphatic rings. The Balaban J connectivity index is 2.60. The summed E-state index contributed by atoms with van der Waals surface area (Å²) in [6, 6.07) is 0.829. The van der Waals surface area contributed by atoms with Crippen LogP contribution in [0.2, 0.25) is 0 Å². The second kappa shape index (κ2) is 9.84.